The van der Waals surface area contributed by atoms with E-state index in [0.29, 0.717) is 11.8 Å². The van der Waals surface area contributed by atoms with Crippen molar-refractivity contribution in [2.75, 3.05) is 13.1 Å². The van der Waals surface area contributed by atoms with E-state index >= 15 is 0 Å². The van der Waals surface area contributed by atoms with Crippen LogP contribution >= 0.6 is 0 Å². The van der Waals surface area contributed by atoms with Gasteiger partial charge in [0.15, 0.2) is 0 Å². The summed E-state index contributed by atoms with van der Waals surface area (Å²) in [6.07, 6.45) is 4.07. The molecule has 2 aromatic rings. The Hall–Kier alpha value is -1.72. The average molecular weight is 303 g/mol. The van der Waals surface area contributed by atoms with E-state index in [-0.39, 0.29) is 11.9 Å². The Morgan fingerprint density at radius 1 is 1.41 bits per heavy atom. The minimum atomic E-state index is -0.259. The third kappa shape index (κ3) is 3.54. The topological polar surface area (TPSA) is 55.3 Å². The minimum Gasteiger partial charge on any atom is -0.444 e. The van der Waals surface area contributed by atoms with Crippen LogP contribution in [0, 0.1) is 11.7 Å². The summed E-state index contributed by atoms with van der Waals surface area (Å²) in [6.45, 7) is 4.93. The smallest absolute Gasteiger partial charge is 0.226 e. The largest absolute Gasteiger partial charge is 0.444 e. The summed E-state index contributed by atoms with van der Waals surface area (Å²) in [5.41, 5.74) is 7.72. The first-order valence-electron chi connectivity index (χ1n) is 7.80. The summed E-state index contributed by atoms with van der Waals surface area (Å²) in [5, 5.41) is 0. The molecule has 1 aromatic heterocycles. The SMILES string of the molecule is CC(N)C1CCCN(Cc2coc(-c3ccc(F)cc3)n2)C1. The van der Waals surface area contributed by atoms with E-state index < -0.39 is 0 Å². The van der Waals surface area contributed by atoms with Gasteiger partial charge >= 0.3 is 0 Å². The molecule has 2 heterocycles. The van der Waals surface area contributed by atoms with Crippen molar-refractivity contribution in [3.63, 3.8) is 0 Å². The number of likely N-dealkylation sites (tertiary alicyclic amines) is 1. The highest BCUT2D eigenvalue weighted by Gasteiger charge is 2.23. The summed E-state index contributed by atoms with van der Waals surface area (Å²) in [5.74, 6) is 0.832. The van der Waals surface area contributed by atoms with Gasteiger partial charge < -0.3 is 10.2 Å². The molecule has 1 aliphatic rings. The number of halogens is 1. The van der Waals surface area contributed by atoms with Gasteiger partial charge in [0, 0.05) is 24.7 Å². The molecule has 0 saturated carbocycles. The first-order chi connectivity index (χ1) is 10.6. The lowest BCUT2D eigenvalue weighted by molar-refractivity contribution is 0.153. The maximum Gasteiger partial charge on any atom is 0.226 e. The highest BCUT2D eigenvalue weighted by molar-refractivity contribution is 5.52. The summed E-state index contributed by atoms with van der Waals surface area (Å²) in [7, 11) is 0. The van der Waals surface area contributed by atoms with Crippen molar-refractivity contribution in [2.45, 2.75) is 32.4 Å². The second kappa shape index (κ2) is 6.58. The number of nitrogens with two attached hydrogens (primary N) is 1. The Morgan fingerprint density at radius 3 is 2.91 bits per heavy atom. The number of rotatable bonds is 4. The van der Waals surface area contributed by atoms with Crippen molar-refractivity contribution >= 4 is 0 Å². The zero-order valence-corrected chi connectivity index (χ0v) is 12.8. The Kier molecular flexibility index (Phi) is 4.55. The number of benzene rings is 1. The Morgan fingerprint density at radius 2 is 2.18 bits per heavy atom. The van der Waals surface area contributed by atoms with Crippen LogP contribution in [-0.2, 0) is 6.54 Å². The molecule has 3 rings (SSSR count). The van der Waals surface area contributed by atoms with E-state index in [9.17, 15) is 4.39 Å². The molecule has 0 aliphatic carbocycles. The Bertz CT molecular complexity index is 609. The molecule has 2 atom stereocenters. The molecule has 22 heavy (non-hydrogen) atoms. The fraction of sp³-hybridized carbons (Fsp3) is 0.471. The van der Waals surface area contributed by atoms with E-state index in [1.54, 1.807) is 18.4 Å². The summed E-state index contributed by atoms with van der Waals surface area (Å²) in [6, 6.07) is 6.42. The van der Waals surface area contributed by atoms with Crippen LogP contribution in [0.15, 0.2) is 34.9 Å². The normalized spacial score (nSPS) is 21.0. The van der Waals surface area contributed by atoms with Crippen molar-refractivity contribution in [1.29, 1.82) is 0 Å². The quantitative estimate of drug-likeness (QED) is 0.943. The Balaban J connectivity index is 1.65. The van der Waals surface area contributed by atoms with Crippen molar-refractivity contribution < 1.29 is 8.81 Å². The Labute approximate surface area is 130 Å². The maximum absolute atomic E-state index is 13.0. The van der Waals surface area contributed by atoms with Gasteiger partial charge in [0.1, 0.15) is 12.1 Å². The molecule has 2 N–H and O–H groups in total. The number of piperidine rings is 1. The highest BCUT2D eigenvalue weighted by atomic mass is 19.1. The molecule has 1 saturated heterocycles. The predicted octanol–water partition coefficient (Wildman–Crippen LogP) is 3.04. The molecule has 1 aromatic carbocycles. The minimum absolute atomic E-state index is 0.231. The molecule has 0 spiro atoms. The van der Waals surface area contributed by atoms with Gasteiger partial charge in [0.05, 0.1) is 5.69 Å². The molecule has 2 unspecified atom stereocenters. The second-order valence-electron chi connectivity index (χ2n) is 6.15. The molecule has 118 valence electrons. The second-order valence-corrected chi connectivity index (χ2v) is 6.15. The molecule has 4 nitrogen and oxygen atoms in total. The lowest BCUT2D eigenvalue weighted by Gasteiger charge is -2.34. The van der Waals surface area contributed by atoms with E-state index in [1.165, 1.54) is 25.0 Å². The van der Waals surface area contributed by atoms with E-state index in [1.807, 2.05) is 0 Å². The first kappa shape index (κ1) is 15.2. The molecule has 0 amide bonds. The van der Waals surface area contributed by atoms with Gasteiger partial charge in [-0.1, -0.05) is 0 Å². The molecular weight excluding hydrogens is 281 g/mol. The maximum atomic E-state index is 13.0. The zero-order valence-electron chi connectivity index (χ0n) is 12.8. The van der Waals surface area contributed by atoms with Crippen molar-refractivity contribution in [3.05, 3.63) is 42.0 Å². The lowest BCUT2D eigenvalue weighted by atomic mass is 9.92. The number of nitrogens with zero attached hydrogens (tertiary/aromatic N) is 2. The number of aromatic nitrogens is 1. The van der Waals surface area contributed by atoms with Crippen LogP contribution in [-0.4, -0.2) is 29.0 Å². The van der Waals surface area contributed by atoms with Crippen LogP contribution in [0.25, 0.3) is 11.5 Å². The van der Waals surface area contributed by atoms with Gasteiger partial charge in [-0.05, 0) is 56.5 Å². The summed E-state index contributed by atoms with van der Waals surface area (Å²) >= 11 is 0. The van der Waals surface area contributed by atoms with Crippen molar-refractivity contribution in [1.82, 2.24) is 9.88 Å². The lowest BCUT2D eigenvalue weighted by Crippen LogP contribution is -2.41. The van der Waals surface area contributed by atoms with E-state index in [0.717, 1.165) is 30.9 Å². The summed E-state index contributed by atoms with van der Waals surface area (Å²) < 4.78 is 18.5. The van der Waals surface area contributed by atoms with Gasteiger partial charge in [-0.15, -0.1) is 0 Å². The molecule has 1 aliphatic heterocycles. The summed E-state index contributed by atoms with van der Waals surface area (Å²) in [4.78, 5) is 6.89. The van der Waals surface area contributed by atoms with Gasteiger partial charge in [-0.25, -0.2) is 9.37 Å². The average Bonchev–Trinajstić information content (AvgIpc) is 2.96. The van der Waals surface area contributed by atoms with Gasteiger partial charge in [-0.2, -0.15) is 0 Å². The molecule has 5 heteroatoms. The van der Waals surface area contributed by atoms with Crippen LogP contribution in [0.4, 0.5) is 4.39 Å². The van der Waals surface area contributed by atoms with Crippen LogP contribution in [0.5, 0.6) is 0 Å². The van der Waals surface area contributed by atoms with E-state index in [2.05, 4.69) is 16.8 Å². The van der Waals surface area contributed by atoms with Gasteiger partial charge in [0.25, 0.3) is 0 Å². The van der Waals surface area contributed by atoms with Crippen LogP contribution in [0.2, 0.25) is 0 Å². The molecule has 0 radical (unpaired) electrons. The molecule has 0 bridgehead atoms. The number of hydrogen-bond acceptors (Lipinski definition) is 4. The van der Waals surface area contributed by atoms with Gasteiger partial charge in [0.2, 0.25) is 5.89 Å². The fourth-order valence-electron chi connectivity index (χ4n) is 3.00. The zero-order chi connectivity index (χ0) is 15.5. The van der Waals surface area contributed by atoms with Crippen molar-refractivity contribution in [3.8, 4) is 11.5 Å². The standard InChI is InChI=1S/C17H22FN3O/c1-12(19)14-3-2-8-21(9-14)10-16-11-22-17(20-16)13-4-6-15(18)7-5-13/h4-7,11-12,14H,2-3,8-10,19H2,1H3. The first-order valence-corrected chi connectivity index (χ1v) is 7.80. The third-order valence-electron chi connectivity index (χ3n) is 4.31. The van der Waals surface area contributed by atoms with Crippen LogP contribution in [0.1, 0.15) is 25.5 Å². The van der Waals surface area contributed by atoms with Crippen LogP contribution < -0.4 is 5.73 Å². The number of hydrogen-bond donors (Lipinski definition) is 1. The van der Waals surface area contributed by atoms with Crippen LogP contribution in [0.3, 0.4) is 0 Å². The third-order valence-corrected chi connectivity index (χ3v) is 4.31. The molecule has 1 fully saturated rings. The highest BCUT2D eigenvalue weighted by Crippen LogP contribution is 2.22. The number of oxazole rings is 1. The van der Waals surface area contributed by atoms with Gasteiger partial charge in [-0.3, -0.25) is 4.90 Å². The monoisotopic (exact) mass is 303 g/mol. The van der Waals surface area contributed by atoms with E-state index in [4.69, 9.17) is 10.2 Å². The fourth-order valence-corrected chi connectivity index (χ4v) is 3.00. The van der Waals surface area contributed by atoms with Crippen molar-refractivity contribution in [2.24, 2.45) is 11.7 Å². The predicted molar refractivity (Wildman–Crippen MR) is 83.5 cm³/mol. The molecular formula is C17H22FN3O.